The summed E-state index contributed by atoms with van der Waals surface area (Å²) in [4.78, 5) is 0. The van der Waals surface area contributed by atoms with Gasteiger partial charge in [0.05, 0.1) is 12.7 Å². The third-order valence-electron chi connectivity index (χ3n) is 1.12. The summed E-state index contributed by atoms with van der Waals surface area (Å²) in [5.74, 6) is 0. The lowest BCUT2D eigenvalue weighted by molar-refractivity contribution is 0.181. The summed E-state index contributed by atoms with van der Waals surface area (Å²) in [6.45, 7) is 3.54. The molecular weight excluding hydrogens is 128 g/mol. The minimum atomic E-state index is -0.347. The Labute approximate surface area is 61.5 Å². The van der Waals surface area contributed by atoms with Crippen molar-refractivity contribution in [3.8, 4) is 0 Å². The average molecular weight is 142 g/mol. The molecule has 2 N–H and O–H groups in total. The lowest BCUT2D eigenvalue weighted by Crippen LogP contribution is -2.01. The second-order valence-electron chi connectivity index (χ2n) is 2.07. The van der Waals surface area contributed by atoms with E-state index in [1.54, 1.807) is 18.2 Å². The number of aliphatic hydroxyl groups excluding tert-OH is 2. The zero-order chi connectivity index (χ0) is 7.82. The first-order valence-electron chi connectivity index (χ1n) is 3.36. The molecule has 0 rings (SSSR count). The van der Waals surface area contributed by atoms with Gasteiger partial charge in [-0.25, -0.2) is 0 Å². The Morgan fingerprint density at radius 3 is 2.50 bits per heavy atom. The third-order valence-corrected chi connectivity index (χ3v) is 1.12. The molecule has 0 aliphatic carbocycles. The third kappa shape index (κ3) is 5.54. The molecule has 58 valence electrons. The fourth-order valence-electron chi connectivity index (χ4n) is 0.616. The first-order chi connectivity index (χ1) is 4.81. The van der Waals surface area contributed by atoms with E-state index in [4.69, 9.17) is 10.2 Å². The summed E-state index contributed by atoms with van der Waals surface area (Å²) in [6, 6.07) is 0. The predicted molar refractivity (Wildman–Crippen MR) is 41.7 cm³/mol. The lowest BCUT2D eigenvalue weighted by Gasteiger charge is -2.01. The second-order valence-corrected chi connectivity index (χ2v) is 2.07. The van der Waals surface area contributed by atoms with Gasteiger partial charge in [0.15, 0.2) is 0 Å². The summed E-state index contributed by atoms with van der Waals surface area (Å²) in [5, 5.41) is 17.4. The van der Waals surface area contributed by atoms with Gasteiger partial charge in [-0.3, -0.25) is 0 Å². The van der Waals surface area contributed by atoms with Gasteiger partial charge in [-0.05, 0) is 12.8 Å². The number of rotatable bonds is 5. The van der Waals surface area contributed by atoms with E-state index in [0.717, 1.165) is 0 Å². The van der Waals surface area contributed by atoms with Crippen LogP contribution >= 0.6 is 0 Å². The highest BCUT2D eigenvalue weighted by Crippen LogP contribution is 1.98. The quantitative estimate of drug-likeness (QED) is 0.559. The molecule has 0 amide bonds. The van der Waals surface area contributed by atoms with Crippen LogP contribution in [-0.2, 0) is 0 Å². The zero-order valence-electron chi connectivity index (χ0n) is 6.03. The van der Waals surface area contributed by atoms with Crippen molar-refractivity contribution in [3.63, 3.8) is 0 Å². The van der Waals surface area contributed by atoms with Crippen molar-refractivity contribution in [2.24, 2.45) is 0 Å². The van der Waals surface area contributed by atoms with Crippen molar-refractivity contribution < 1.29 is 10.2 Å². The maximum atomic E-state index is 9.07. The number of aliphatic hydroxyl groups is 2. The highest BCUT2D eigenvalue weighted by atomic mass is 16.3. The lowest BCUT2D eigenvalue weighted by atomic mass is 10.2. The smallest absolute Gasteiger partial charge is 0.0612 e. The molecule has 1 unspecified atom stereocenters. The van der Waals surface area contributed by atoms with Gasteiger partial charge in [-0.15, -0.1) is 6.58 Å². The normalized spacial score (nSPS) is 13.8. The van der Waals surface area contributed by atoms with Crippen LogP contribution in [0.2, 0.25) is 0 Å². The molecule has 0 spiro atoms. The van der Waals surface area contributed by atoms with E-state index in [0.29, 0.717) is 12.8 Å². The molecule has 2 heteroatoms. The molecule has 10 heavy (non-hydrogen) atoms. The molecule has 0 heterocycles. The molecule has 0 radical (unpaired) electrons. The first-order valence-corrected chi connectivity index (χ1v) is 3.36. The van der Waals surface area contributed by atoms with Crippen LogP contribution < -0.4 is 0 Å². The van der Waals surface area contributed by atoms with Gasteiger partial charge >= 0.3 is 0 Å². The van der Waals surface area contributed by atoms with E-state index in [2.05, 4.69) is 6.58 Å². The van der Waals surface area contributed by atoms with E-state index in [1.807, 2.05) is 0 Å². The van der Waals surface area contributed by atoms with Gasteiger partial charge in [-0.1, -0.05) is 18.2 Å². The minimum absolute atomic E-state index is 0.0425. The molecule has 0 aliphatic heterocycles. The molecule has 0 aliphatic rings. The molecule has 0 aromatic carbocycles. The van der Waals surface area contributed by atoms with Gasteiger partial charge < -0.3 is 10.2 Å². The molecule has 0 aromatic heterocycles. The van der Waals surface area contributed by atoms with Crippen LogP contribution in [0.25, 0.3) is 0 Å². The topological polar surface area (TPSA) is 40.5 Å². The monoisotopic (exact) mass is 142 g/mol. The number of hydrogen-bond donors (Lipinski definition) is 2. The van der Waals surface area contributed by atoms with Crippen LogP contribution in [0.4, 0.5) is 0 Å². The van der Waals surface area contributed by atoms with E-state index < -0.39 is 0 Å². The molecule has 0 saturated heterocycles. The Hall–Kier alpha value is -0.600. The summed E-state index contributed by atoms with van der Waals surface area (Å²) in [7, 11) is 0. The van der Waals surface area contributed by atoms with Crippen LogP contribution in [0.5, 0.6) is 0 Å². The number of hydrogen-bond acceptors (Lipinski definition) is 2. The van der Waals surface area contributed by atoms with Crippen molar-refractivity contribution in [2.75, 3.05) is 6.61 Å². The van der Waals surface area contributed by atoms with Crippen LogP contribution in [0.15, 0.2) is 24.8 Å². The molecule has 0 fully saturated rings. The Balaban J connectivity index is 3.28. The molecular formula is C8H14O2. The van der Waals surface area contributed by atoms with Crippen LogP contribution in [0, 0.1) is 0 Å². The summed E-state index contributed by atoms with van der Waals surface area (Å²) < 4.78 is 0. The zero-order valence-corrected chi connectivity index (χ0v) is 6.03. The van der Waals surface area contributed by atoms with Gasteiger partial charge in [-0.2, -0.15) is 0 Å². The standard InChI is InChI=1S/C8H14O2/c1-2-5-8(10)6-3-4-7-9/h2-4,8-10H,1,5-7H2/b4-3-. The van der Waals surface area contributed by atoms with Crippen molar-refractivity contribution in [2.45, 2.75) is 18.9 Å². The van der Waals surface area contributed by atoms with Crippen LogP contribution in [-0.4, -0.2) is 22.9 Å². The highest BCUT2D eigenvalue weighted by molar-refractivity contribution is 4.85. The first kappa shape index (κ1) is 9.40. The van der Waals surface area contributed by atoms with Crippen molar-refractivity contribution in [1.29, 1.82) is 0 Å². The van der Waals surface area contributed by atoms with Crippen LogP contribution in [0.1, 0.15) is 12.8 Å². The largest absolute Gasteiger partial charge is 0.392 e. The average Bonchev–Trinajstić information content (AvgIpc) is 1.89. The maximum absolute atomic E-state index is 9.07. The predicted octanol–water partition coefficient (Wildman–Crippen LogP) is 0.862. The van der Waals surface area contributed by atoms with E-state index in [9.17, 15) is 0 Å². The second kappa shape index (κ2) is 6.52. The summed E-state index contributed by atoms with van der Waals surface area (Å²) in [6.07, 6.45) is 5.90. The van der Waals surface area contributed by atoms with Crippen molar-refractivity contribution in [1.82, 2.24) is 0 Å². The van der Waals surface area contributed by atoms with Crippen molar-refractivity contribution >= 4 is 0 Å². The molecule has 1 atom stereocenters. The van der Waals surface area contributed by atoms with Crippen LogP contribution in [0.3, 0.4) is 0 Å². The molecule has 0 aromatic rings. The van der Waals surface area contributed by atoms with Gasteiger partial charge in [0.25, 0.3) is 0 Å². The van der Waals surface area contributed by atoms with Gasteiger partial charge in [0, 0.05) is 0 Å². The highest BCUT2D eigenvalue weighted by Gasteiger charge is 1.95. The molecule has 0 bridgehead atoms. The Morgan fingerprint density at radius 2 is 2.00 bits per heavy atom. The van der Waals surface area contributed by atoms with Gasteiger partial charge in [0.1, 0.15) is 0 Å². The molecule has 2 nitrogen and oxygen atoms in total. The minimum Gasteiger partial charge on any atom is -0.392 e. The fraction of sp³-hybridized carbons (Fsp3) is 0.500. The summed E-state index contributed by atoms with van der Waals surface area (Å²) in [5.41, 5.74) is 0. The SMILES string of the molecule is C=CCC(O)C/C=C\CO. The molecule has 0 saturated carbocycles. The van der Waals surface area contributed by atoms with E-state index in [-0.39, 0.29) is 12.7 Å². The summed E-state index contributed by atoms with van der Waals surface area (Å²) >= 11 is 0. The Bertz CT molecular complexity index is 108. The Kier molecular flexibility index (Phi) is 6.13. The van der Waals surface area contributed by atoms with Crippen molar-refractivity contribution in [3.05, 3.63) is 24.8 Å². The Morgan fingerprint density at radius 1 is 1.30 bits per heavy atom. The van der Waals surface area contributed by atoms with Gasteiger partial charge in [0.2, 0.25) is 0 Å². The van der Waals surface area contributed by atoms with E-state index in [1.165, 1.54) is 0 Å². The fourth-order valence-corrected chi connectivity index (χ4v) is 0.616. The maximum Gasteiger partial charge on any atom is 0.0612 e. The van der Waals surface area contributed by atoms with E-state index >= 15 is 0 Å².